The number of hydrogen-bond acceptors (Lipinski definition) is 2. The highest BCUT2D eigenvalue weighted by Crippen LogP contribution is 2.10. The Morgan fingerprint density at radius 1 is 1.40 bits per heavy atom. The summed E-state index contributed by atoms with van der Waals surface area (Å²) in [7, 11) is 0. The van der Waals surface area contributed by atoms with Gasteiger partial charge >= 0.3 is 0 Å². The molecule has 0 aromatic carbocycles. The lowest BCUT2D eigenvalue weighted by Crippen LogP contribution is -2.33. The van der Waals surface area contributed by atoms with Crippen molar-refractivity contribution in [2.24, 2.45) is 0 Å². The molecule has 1 heterocycles. The van der Waals surface area contributed by atoms with Crippen molar-refractivity contribution < 1.29 is 9.84 Å². The first-order valence-corrected chi connectivity index (χ1v) is 3.01. The highest BCUT2D eigenvalue weighted by atomic mass is 16.5. The van der Waals surface area contributed by atoms with Gasteiger partial charge in [-0.3, -0.25) is 0 Å². The summed E-state index contributed by atoms with van der Waals surface area (Å²) in [4.78, 5) is 0. The Labute approximate surface area is 59.1 Å². The molecule has 0 spiro atoms. The molecule has 0 aliphatic rings. The van der Waals surface area contributed by atoms with Crippen LogP contribution in [-0.4, -0.2) is 5.11 Å². The molecular formula is C7H9NO2. The molecule has 0 fully saturated rings. The van der Waals surface area contributed by atoms with Gasteiger partial charge in [0.15, 0.2) is 11.4 Å². The first-order chi connectivity index (χ1) is 4.63. The van der Waals surface area contributed by atoms with Crippen LogP contribution < -0.4 is 4.73 Å². The van der Waals surface area contributed by atoms with Crippen molar-refractivity contribution in [2.45, 2.75) is 13.8 Å². The van der Waals surface area contributed by atoms with Crippen molar-refractivity contribution in [1.29, 1.82) is 0 Å². The Kier molecular flexibility index (Phi) is 1.49. The minimum Gasteiger partial charge on any atom is -0.618 e. The van der Waals surface area contributed by atoms with Gasteiger partial charge < -0.3 is 10.3 Å². The van der Waals surface area contributed by atoms with Crippen molar-refractivity contribution in [2.75, 3.05) is 0 Å². The van der Waals surface area contributed by atoms with E-state index in [1.165, 1.54) is 6.07 Å². The van der Waals surface area contributed by atoms with Crippen LogP contribution in [0.3, 0.4) is 0 Å². The summed E-state index contributed by atoms with van der Waals surface area (Å²) in [5, 5.41) is 19.9. The number of rotatable bonds is 0. The van der Waals surface area contributed by atoms with Crippen LogP contribution in [0.15, 0.2) is 12.1 Å². The Morgan fingerprint density at radius 3 is 2.50 bits per heavy atom. The first-order valence-electron chi connectivity index (χ1n) is 3.01. The lowest BCUT2D eigenvalue weighted by Gasteiger charge is -2.03. The van der Waals surface area contributed by atoms with E-state index in [1.54, 1.807) is 19.9 Å². The average molecular weight is 139 g/mol. The summed E-state index contributed by atoms with van der Waals surface area (Å²) >= 11 is 0. The third kappa shape index (κ3) is 0.900. The molecule has 0 aliphatic heterocycles. The van der Waals surface area contributed by atoms with E-state index in [1.807, 2.05) is 0 Å². The maximum absolute atomic E-state index is 10.9. The molecule has 0 saturated heterocycles. The van der Waals surface area contributed by atoms with Crippen LogP contribution >= 0.6 is 0 Å². The molecule has 54 valence electrons. The lowest BCUT2D eigenvalue weighted by atomic mass is 10.3. The van der Waals surface area contributed by atoms with Gasteiger partial charge in [-0.05, 0) is 6.07 Å². The molecule has 0 bridgehead atoms. The SMILES string of the molecule is Cc1ccc(O)c(C)[n+]1[O-]. The van der Waals surface area contributed by atoms with Gasteiger partial charge in [-0.2, -0.15) is 4.73 Å². The zero-order valence-corrected chi connectivity index (χ0v) is 5.96. The Bertz CT molecular complexity index is 231. The minimum atomic E-state index is 0.0422. The van der Waals surface area contributed by atoms with Crippen LogP contribution in [0.2, 0.25) is 0 Å². The highest BCUT2D eigenvalue weighted by molar-refractivity contribution is 5.21. The quantitative estimate of drug-likeness (QED) is 0.423. The molecule has 1 aromatic heterocycles. The number of aryl methyl sites for hydroxylation is 1. The largest absolute Gasteiger partial charge is 0.618 e. The number of nitrogens with zero attached hydrogens (tertiary/aromatic N) is 1. The summed E-state index contributed by atoms with van der Waals surface area (Å²) in [5.74, 6) is 0.0422. The second-order valence-electron chi connectivity index (χ2n) is 2.24. The smallest absolute Gasteiger partial charge is 0.231 e. The van der Waals surface area contributed by atoms with Crippen LogP contribution in [0.4, 0.5) is 0 Å². The van der Waals surface area contributed by atoms with E-state index >= 15 is 0 Å². The Balaban J connectivity index is 3.34. The van der Waals surface area contributed by atoms with Crippen LogP contribution in [0.1, 0.15) is 11.4 Å². The lowest BCUT2D eigenvalue weighted by molar-refractivity contribution is -0.619. The summed E-state index contributed by atoms with van der Waals surface area (Å²) < 4.78 is 0.704. The summed E-state index contributed by atoms with van der Waals surface area (Å²) in [6, 6.07) is 3.09. The van der Waals surface area contributed by atoms with Crippen LogP contribution in [-0.2, 0) is 0 Å². The second-order valence-corrected chi connectivity index (χ2v) is 2.24. The monoisotopic (exact) mass is 139 g/mol. The van der Waals surface area contributed by atoms with Gasteiger partial charge in [0, 0.05) is 19.9 Å². The fourth-order valence-electron chi connectivity index (χ4n) is 0.756. The van der Waals surface area contributed by atoms with Crippen molar-refractivity contribution >= 4 is 0 Å². The van der Waals surface area contributed by atoms with Gasteiger partial charge in [0.05, 0.1) is 0 Å². The summed E-state index contributed by atoms with van der Waals surface area (Å²) in [6.07, 6.45) is 0. The molecule has 3 nitrogen and oxygen atoms in total. The van der Waals surface area contributed by atoms with Gasteiger partial charge in [0.2, 0.25) is 5.69 Å². The summed E-state index contributed by atoms with van der Waals surface area (Å²) in [5.41, 5.74) is 0.940. The van der Waals surface area contributed by atoms with Crippen molar-refractivity contribution in [1.82, 2.24) is 0 Å². The number of aromatic hydroxyl groups is 1. The van der Waals surface area contributed by atoms with E-state index in [4.69, 9.17) is 5.11 Å². The molecule has 1 aromatic rings. The van der Waals surface area contributed by atoms with Crippen LogP contribution in [0.5, 0.6) is 5.75 Å². The van der Waals surface area contributed by atoms with Gasteiger partial charge in [-0.15, -0.1) is 0 Å². The molecule has 0 unspecified atom stereocenters. The van der Waals surface area contributed by atoms with Crippen molar-refractivity contribution in [3.63, 3.8) is 0 Å². The first kappa shape index (κ1) is 6.86. The van der Waals surface area contributed by atoms with Gasteiger partial charge in [-0.25, -0.2) is 0 Å². The van der Waals surface area contributed by atoms with Crippen LogP contribution in [0.25, 0.3) is 0 Å². The topological polar surface area (TPSA) is 47.2 Å². The number of hydrogen-bond donors (Lipinski definition) is 1. The normalized spacial score (nSPS) is 9.80. The predicted molar refractivity (Wildman–Crippen MR) is 36.5 cm³/mol. The number of aromatic nitrogens is 1. The molecule has 0 amide bonds. The number of pyridine rings is 1. The predicted octanol–water partition coefficient (Wildman–Crippen LogP) is 0.642. The van der Waals surface area contributed by atoms with Crippen molar-refractivity contribution in [3.8, 4) is 5.75 Å². The Hall–Kier alpha value is -1.25. The fraction of sp³-hybridized carbons (Fsp3) is 0.286. The van der Waals surface area contributed by atoms with Crippen molar-refractivity contribution in [3.05, 3.63) is 28.7 Å². The highest BCUT2D eigenvalue weighted by Gasteiger charge is 2.06. The molecule has 0 atom stereocenters. The zero-order chi connectivity index (χ0) is 7.72. The Morgan fingerprint density at radius 2 is 2.00 bits per heavy atom. The second kappa shape index (κ2) is 2.17. The van der Waals surface area contributed by atoms with Gasteiger partial charge in [0.25, 0.3) is 0 Å². The minimum absolute atomic E-state index is 0.0422. The third-order valence-electron chi connectivity index (χ3n) is 1.48. The average Bonchev–Trinajstić information content (AvgIpc) is 1.93. The summed E-state index contributed by atoms with van der Waals surface area (Å²) in [6.45, 7) is 3.27. The molecule has 10 heavy (non-hydrogen) atoms. The van der Waals surface area contributed by atoms with E-state index in [0.717, 1.165) is 0 Å². The fourth-order valence-corrected chi connectivity index (χ4v) is 0.756. The molecule has 0 saturated carbocycles. The zero-order valence-electron chi connectivity index (χ0n) is 5.96. The van der Waals surface area contributed by atoms with E-state index in [0.29, 0.717) is 16.1 Å². The maximum atomic E-state index is 10.9. The standard InChI is InChI=1S/C7H9NO2/c1-5-3-4-7(9)6(2)8(5)10/h3-4,9H,1-2H3. The van der Waals surface area contributed by atoms with Gasteiger partial charge in [0.1, 0.15) is 0 Å². The van der Waals surface area contributed by atoms with E-state index in [9.17, 15) is 5.21 Å². The molecule has 1 N–H and O–H groups in total. The van der Waals surface area contributed by atoms with E-state index in [-0.39, 0.29) is 5.75 Å². The molecule has 3 heteroatoms. The van der Waals surface area contributed by atoms with E-state index in [2.05, 4.69) is 0 Å². The molecule has 0 aliphatic carbocycles. The van der Waals surface area contributed by atoms with Gasteiger partial charge in [-0.1, -0.05) is 0 Å². The maximum Gasteiger partial charge on any atom is 0.231 e. The van der Waals surface area contributed by atoms with Crippen LogP contribution in [0, 0.1) is 19.1 Å². The molecule has 0 radical (unpaired) electrons. The van der Waals surface area contributed by atoms with E-state index < -0.39 is 0 Å². The third-order valence-corrected chi connectivity index (χ3v) is 1.48. The molecule has 1 rings (SSSR count). The molecular weight excluding hydrogens is 130 g/mol.